The van der Waals surface area contributed by atoms with E-state index < -0.39 is 0 Å². The lowest BCUT2D eigenvalue weighted by Crippen LogP contribution is -2.14. The van der Waals surface area contributed by atoms with Crippen LogP contribution >= 0.6 is 0 Å². The summed E-state index contributed by atoms with van der Waals surface area (Å²) in [6.45, 7) is 0. The van der Waals surface area contributed by atoms with Crippen LogP contribution in [0.2, 0.25) is 0 Å². The summed E-state index contributed by atoms with van der Waals surface area (Å²) in [5, 5.41) is 5.60. The molecule has 2 N–H and O–H groups in total. The third kappa shape index (κ3) is 4.48. The van der Waals surface area contributed by atoms with Crippen LogP contribution in [0.1, 0.15) is 20.7 Å². The van der Waals surface area contributed by atoms with Gasteiger partial charge in [-0.05, 0) is 48.5 Å². The largest absolute Gasteiger partial charge is 0.497 e. The summed E-state index contributed by atoms with van der Waals surface area (Å²) in [6, 6.07) is 20.7. The molecular weight excluding hydrogens is 356 g/mol. The predicted molar refractivity (Wildman–Crippen MR) is 108 cm³/mol. The lowest BCUT2D eigenvalue weighted by Gasteiger charge is -2.10. The number of amides is 2. The Labute approximate surface area is 163 Å². The molecule has 6 heteroatoms. The van der Waals surface area contributed by atoms with E-state index in [0.717, 1.165) is 0 Å². The fraction of sp³-hybridized carbons (Fsp3) is 0.0909. The van der Waals surface area contributed by atoms with Crippen molar-refractivity contribution in [1.29, 1.82) is 0 Å². The molecule has 28 heavy (non-hydrogen) atoms. The first-order valence-electron chi connectivity index (χ1n) is 8.60. The number of ether oxygens (including phenoxy) is 2. The lowest BCUT2D eigenvalue weighted by molar-refractivity contribution is 0.101. The molecule has 0 aromatic heterocycles. The minimum Gasteiger partial charge on any atom is -0.497 e. The number of carbonyl (C=O) groups is 2. The van der Waals surface area contributed by atoms with E-state index in [1.807, 2.05) is 12.1 Å². The summed E-state index contributed by atoms with van der Waals surface area (Å²) < 4.78 is 10.4. The molecule has 0 aliphatic heterocycles. The molecule has 3 rings (SSSR count). The van der Waals surface area contributed by atoms with Crippen molar-refractivity contribution in [2.45, 2.75) is 0 Å². The second-order valence-corrected chi connectivity index (χ2v) is 5.92. The second kappa shape index (κ2) is 8.73. The third-order valence-corrected chi connectivity index (χ3v) is 4.09. The molecule has 3 aromatic carbocycles. The molecule has 0 aliphatic rings. The molecule has 0 saturated carbocycles. The van der Waals surface area contributed by atoms with Gasteiger partial charge in [0, 0.05) is 22.9 Å². The van der Waals surface area contributed by atoms with Crippen molar-refractivity contribution in [3.63, 3.8) is 0 Å². The monoisotopic (exact) mass is 376 g/mol. The van der Waals surface area contributed by atoms with Gasteiger partial charge in [-0.1, -0.05) is 18.2 Å². The first kappa shape index (κ1) is 19.0. The van der Waals surface area contributed by atoms with Crippen molar-refractivity contribution < 1.29 is 19.1 Å². The SMILES string of the molecule is COc1cccc(NC(=O)c2ccc(C(=O)Nc3ccccc3OC)cc2)c1. The minimum absolute atomic E-state index is 0.273. The van der Waals surface area contributed by atoms with Crippen LogP contribution in [0.3, 0.4) is 0 Å². The van der Waals surface area contributed by atoms with E-state index in [9.17, 15) is 9.59 Å². The van der Waals surface area contributed by atoms with E-state index in [4.69, 9.17) is 9.47 Å². The zero-order valence-corrected chi connectivity index (χ0v) is 15.6. The quantitative estimate of drug-likeness (QED) is 0.676. The third-order valence-electron chi connectivity index (χ3n) is 4.09. The van der Waals surface area contributed by atoms with E-state index in [1.54, 1.807) is 74.9 Å². The fourth-order valence-electron chi connectivity index (χ4n) is 2.62. The van der Waals surface area contributed by atoms with Gasteiger partial charge in [-0.3, -0.25) is 9.59 Å². The Morgan fingerprint density at radius 3 is 2.00 bits per heavy atom. The van der Waals surface area contributed by atoms with Crippen LogP contribution in [0.15, 0.2) is 72.8 Å². The molecule has 0 atom stereocenters. The molecule has 142 valence electrons. The highest BCUT2D eigenvalue weighted by Crippen LogP contribution is 2.24. The second-order valence-electron chi connectivity index (χ2n) is 5.92. The molecule has 0 unspecified atom stereocenters. The van der Waals surface area contributed by atoms with Gasteiger partial charge in [-0.25, -0.2) is 0 Å². The maximum atomic E-state index is 12.4. The van der Waals surface area contributed by atoms with Gasteiger partial charge in [0.15, 0.2) is 0 Å². The number of anilines is 2. The van der Waals surface area contributed by atoms with Crippen molar-refractivity contribution in [1.82, 2.24) is 0 Å². The Morgan fingerprint density at radius 1 is 0.714 bits per heavy atom. The summed E-state index contributed by atoms with van der Waals surface area (Å²) in [7, 11) is 3.11. The van der Waals surface area contributed by atoms with Crippen molar-refractivity contribution in [3.8, 4) is 11.5 Å². The highest BCUT2D eigenvalue weighted by atomic mass is 16.5. The summed E-state index contributed by atoms with van der Waals surface area (Å²) in [6.07, 6.45) is 0. The van der Waals surface area contributed by atoms with Crippen LogP contribution in [0.4, 0.5) is 11.4 Å². The van der Waals surface area contributed by atoms with Gasteiger partial charge in [0.2, 0.25) is 0 Å². The first-order chi connectivity index (χ1) is 13.6. The topological polar surface area (TPSA) is 76.7 Å². The Morgan fingerprint density at radius 2 is 1.36 bits per heavy atom. The lowest BCUT2D eigenvalue weighted by atomic mass is 10.1. The molecule has 0 heterocycles. The highest BCUT2D eigenvalue weighted by molar-refractivity contribution is 6.07. The summed E-state index contributed by atoms with van der Waals surface area (Å²) in [5.74, 6) is 0.667. The van der Waals surface area contributed by atoms with Crippen molar-refractivity contribution >= 4 is 23.2 Å². The number of hydrogen-bond acceptors (Lipinski definition) is 4. The Kier molecular flexibility index (Phi) is 5.91. The van der Waals surface area contributed by atoms with Crippen LogP contribution in [0.25, 0.3) is 0 Å². The van der Waals surface area contributed by atoms with Crippen LogP contribution in [-0.4, -0.2) is 26.0 Å². The molecule has 6 nitrogen and oxygen atoms in total. The number of methoxy groups -OCH3 is 2. The number of para-hydroxylation sites is 2. The summed E-state index contributed by atoms with van der Waals surface area (Å²) in [4.78, 5) is 24.8. The van der Waals surface area contributed by atoms with Crippen LogP contribution < -0.4 is 20.1 Å². The number of benzene rings is 3. The molecular formula is C22H20N2O4. The first-order valence-corrected chi connectivity index (χ1v) is 8.60. The minimum atomic E-state index is -0.288. The van der Waals surface area contributed by atoms with Gasteiger partial charge in [0.05, 0.1) is 19.9 Å². The predicted octanol–water partition coefficient (Wildman–Crippen LogP) is 4.21. The van der Waals surface area contributed by atoms with Gasteiger partial charge in [0.25, 0.3) is 11.8 Å². The van der Waals surface area contributed by atoms with E-state index >= 15 is 0 Å². The zero-order chi connectivity index (χ0) is 19.9. The molecule has 0 spiro atoms. The average molecular weight is 376 g/mol. The molecule has 0 fully saturated rings. The maximum Gasteiger partial charge on any atom is 0.255 e. The van der Waals surface area contributed by atoms with E-state index in [0.29, 0.717) is 34.0 Å². The average Bonchev–Trinajstić information content (AvgIpc) is 2.74. The van der Waals surface area contributed by atoms with Crippen LogP contribution in [0, 0.1) is 0 Å². The molecule has 0 aliphatic carbocycles. The van der Waals surface area contributed by atoms with Gasteiger partial charge in [-0.2, -0.15) is 0 Å². The van der Waals surface area contributed by atoms with Gasteiger partial charge in [-0.15, -0.1) is 0 Å². The summed E-state index contributed by atoms with van der Waals surface area (Å²) >= 11 is 0. The number of carbonyl (C=O) groups excluding carboxylic acids is 2. The van der Waals surface area contributed by atoms with Gasteiger partial charge in [0.1, 0.15) is 11.5 Å². The van der Waals surface area contributed by atoms with Gasteiger partial charge < -0.3 is 20.1 Å². The van der Waals surface area contributed by atoms with Gasteiger partial charge >= 0.3 is 0 Å². The normalized spacial score (nSPS) is 10.1. The Bertz CT molecular complexity index is 984. The molecule has 0 saturated heterocycles. The van der Waals surface area contributed by atoms with Crippen molar-refractivity contribution in [2.24, 2.45) is 0 Å². The molecule has 3 aromatic rings. The van der Waals surface area contributed by atoms with Crippen molar-refractivity contribution in [2.75, 3.05) is 24.9 Å². The number of nitrogens with one attached hydrogen (secondary N) is 2. The fourth-order valence-corrected chi connectivity index (χ4v) is 2.62. The number of hydrogen-bond donors (Lipinski definition) is 2. The highest BCUT2D eigenvalue weighted by Gasteiger charge is 2.11. The van der Waals surface area contributed by atoms with Crippen molar-refractivity contribution in [3.05, 3.63) is 83.9 Å². The van der Waals surface area contributed by atoms with Crippen LogP contribution in [-0.2, 0) is 0 Å². The summed E-state index contributed by atoms with van der Waals surface area (Å²) in [5.41, 5.74) is 2.08. The maximum absolute atomic E-state index is 12.4. The van der Waals surface area contributed by atoms with E-state index in [-0.39, 0.29) is 11.8 Å². The molecule has 0 radical (unpaired) electrons. The van der Waals surface area contributed by atoms with E-state index in [2.05, 4.69) is 10.6 Å². The molecule has 0 bridgehead atoms. The smallest absolute Gasteiger partial charge is 0.255 e. The Hall–Kier alpha value is -3.80. The Balaban J connectivity index is 1.68. The molecule has 2 amide bonds. The zero-order valence-electron chi connectivity index (χ0n) is 15.6. The van der Waals surface area contributed by atoms with E-state index in [1.165, 1.54) is 0 Å². The van der Waals surface area contributed by atoms with Crippen LogP contribution in [0.5, 0.6) is 11.5 Å². The number of rotatable bonds is 6. The standard InChI is InChI=1S/C22H20N2O4/c1-27-18-7-5-6-17(14-18)23-21(25)15-10-12-16(13-11-15)22(26)24-19-8-3-4-9-20(19)28-2/h3-14H,1-2H3,(H,23,25)(H,24,26).